The molecule has 0 aromatic carbocycles. The fourth-order valence-corrected chi connectivity index (χ4v) is 3.84. The molecule has 19 heavy (non-hydrogen) atoms. The summed E-state index contributed by atoms with van der Waals surface area (Å²) in [4.78, 5) is 8.42. The molecule has 1 aromatic rings. The fourth-order valence-electron chi connectivity index (χ4n) is 2.91. The Morgan fingerprint density at radius 1 is 1.37 bits per heavy atom. The van der Waals surface area contributed by atoms with Gasteiger partial charge in [-0.3, -0.25) is 4.90 Å². The van der Waals surface area contributed by atoms with Gasteiger partial charge in [-0.1, -0.05) is 19.8 Å². The number of nitrogens with zero attached hydrogens (tertiary/aromatic N) is 2. The average molecular weight is 281 g/mol. The van der Waals surface area contributed by atoms with Crippen LogP contribution in [0.4, 0.5) is 5.13 Å². The first-order valence-electron chi connectivity index (χ1n) is 7.72. The minimum Gasteiger partial charge on any atom is -0.362 e. The number of rotatable bonds is 6. The maximum Gasteiger partial charge on any atom is 0.182 e. The fraction of sp³-hybridized carbons (Fsp3) is 0.800. The van der Waals surface area contributed by atoms with Gasteiger partial charge in [-0.25, -0.2) is 4.98 Å². The van der Waals surface area contributed by atoms with E-state index in [0.29, 0.717) is 0 Å². The molecule has 3 nitrogen and oxygen atoms in total. The van der Waals surface area contributed by atoms with Gasteiger partial charge in [0.1, 0.15) is 0 Å². The minimum absolute atomic E-state index is 0.954. The molecule has 108 valence electrons. The number of hydrogen-bond acceptors (Lipinski definition) is 4. The molecule has 1 aliphatic heterocycles. The number of likely N-dealkylation sites (tertiary alicyclic amines) is 1. The Morgan fingerprint density at radius 3 is 3.05 bits per heavy atom. The molecule has 1 fully saturated rings. The molecule has 1 atom stereocenters. The number of hydrogen-bond donors (Lipinski definition) is 1. The molecule has 2 rings (SSSR count). The monoisotopic (exact) mass is 281 g/mol. The standard InChI is InChI=1S/C15H27N3S/c1-3-6-13-7-5-9-18(10-8-13)12-14-11-17-15(19-14)16-4-2/h11,13H,3-10,12H2,1-2H3,(H,16,17). The molecule has 0 radical (unpaired) electrons. The van der Waals surface area contributed by atoms with Crippen molar-refractivity contribution >= 4 is 16.5 Å². The summed E-state index contributed by atoms with van der Waals surface area (Å²) in [5, 5.41) is 4.36. The van der Waals surface area contributed by atoms with Crippen LogP contribution in [0.2, 0.25) is 0 Å². The van der Waals surface area contributed by atoms with Crippen molar-refractivity contribution < 1.29 is 0 Å². The Bertz CT molecular complexity index is 364. The Kier molecular flexibility index (Phi) is 6.11. The Balaban J connectivity index is 1.81. The number of aromatic nitrogens is 1. The van der Waals surface area contributed by atoms with Gasteiger partial charge < -0.3 is 5.32 Å². The second-order valence-corrected chi connectivity index (χ2v) is 6.64. The van der Waals surface area contributed by atoms with Crippen LogP contribution in [0, 0.1) is 5.92 Å². The molecule has 0 spiro atoms. The Labute approximate surface area is 121 Å². The number of nitrogens with one attached hydrogen (secondary N) is 1. The maximum atomic E-state index is 4.42. The van der Waals surface area contributed by atoms with Crippen molar-refractivity contribution in [1.29, 1.82) is 0 Å². The van der Waals surface area contributed by atoms with Crippen LogP contribution >= 0.6 is 11.3 Å². The van der Waals surface area contributed by atoms with E-state index < -0.39 is 0 Å². The molecule has 1 aromatic heterocycles. The van der Waals surface area contributed by atoms with Gasteiger partial charge in [0.2, 0.25) is 0 Å². The van der Waals surface area contributed by atoms with E-state index in [4.69, 9.17) is 0 Å². The van der Waals surface area contributed by atoms with Crippen LogP contribution < -0.4 is 5.32 Å². The van der Waals surface area contributed by atoms with E-state index in [9.17, 15) is 0 Å². The summed E-state index contributed by atoms with van der Waals surface area (Å²) in [7, 11) is 0. The third-order valence-electron chi connectivity index (χ3n) is 3.90. The van der Waals surface area contributed by atoms with Gasteiger partial charge in [-0.05, 0) is 45.2 Å². The van der Waals surface area contributed by atoms with Gasteiger partial charge in [0.05, 0.1) is 0 Å². The highest BCUT2D eigenvalue weighted by Crippen LogP contribution is 2.25. The van der Waals surface area contributed by atoms with Crippen LogP contribution in [0.15, 0.2) is 6.20 Å². The van der Waals surface area contributed by atoms with Crippen LogP contribution in [0.3, 0.4) is 0 Å². The van der Waals surface area contributed by atoms with E-state index >= 15 is 0 Å². The highest BCUT2D eigenvalue weighted by Gasteiger charge is 2.17. The molecule has 1 N–H and O–H groups in total. The maximum absolute atomic E-state index is 4.42. The summed E-state index contributed by atoms with van der Waals surface area (Å²) in [5.41, 5.74) is 0. The van der Waals surface area contributed by atoms with Crippen molar-refractivity contribution in [2.75, 3.05) is 25.0 Å². The summed E-state index contributed by atoms with van der Waals surface area (Å²) in [6.45, 7) is 8.98. The molecule has 0 amide bonds. The average Bonchev–Trinajstić information content (AvgIpc) is 2.71. The Morgan fingerprint density at radius 2 is 2.26 bits per heavy atom. The lowest BCUT2D eigenvalue weighted by Crippen LogP contribution is -2.23. The van der Waals surface area contributed by atoms with Gasteiger partial charge in [0.25, 0.3) is 0 Å². The first kappa shape index (κ1) is 14.8. The van der Waals surface area contributed by atoms with Crippen LogP contribution in [0.1, 0.15) is 50.8 Å². The van der Waals surface area contributed by atoms with Gasteiger partial charge in [-0.15, -0.1) is 11.3 Å². The third-order valence-corrected chi connectivity index (χ3v) is 4.84. The topological polar surface area (TPSA) is 28.2 Å². The lowest BCUT2D eigenvalue weighted by Gasteiger charge is -2.18. The first-order valence-corrected chi connectivity index (χ1v) is 8.54. The van der Waals surface area contributed by atoms with Gasteiger partial charge in [0, 0.05) is 24.2 Å². The van der Waals surface area contributed by atoms with E-state index in [1.54, 1.807) is 11.3 Å². The zero-order valence-corrected chi connectivity index (χ0v) is 13.1. The minimum atomic E-state index is 0.954. The lowest BCUT2D eigenvalue weighted by molar-refractivity contribution is 0.273. The number of thiazole rings is 1. The molecular weight excluding hydrogens is 254 g/mol. The number of anilines is 1. The van der Waals surface area contributed by atoms with E-state index in [-0.39, 0.29) is 0 Å². The van der Waals surface area contributed by atoms with Crippen molar-refractivity contribution in [2.45, 2.75) is 52.5 Å². The summed E-state index contributed by atoms with van der Waals surface area (Å²) in [6, 6.07) is 0. The molecule has 0 aliphatic carbocycles. The smallest absolute Gasteiger partial charge is 0.182 e. The molecule has 0 bridgehead atoms. The second-order valence-electron chi connectivity index (χ2n) is 5.52. The zero-order chi connectivity index (χ0) is 13.5. The normalized spacial score (nSPS) is 21.3. The quantitative estimate of drug-likeness (QED) is 0.855. The van der Waals surface area contributed by atoms with Crippen molar-refractivity contribution in [2.24, 2.45) is 5.92 Å². The largest absolute Gasteiger partial charge is 0.362 e. The van der Waals surface area contributed by atoms with Gasteiger partial charge in [-0.2, -0.15) is 0 Å². The van der Waals surface area contributed by atoms with E-state index in [1.165, 1.54) is 50.1 Å². The second kappa shape index (κ2) is 7.85. The van der Waals surface area contributed by atoms with Crippen LogP contribution in [0.5, 0.6) is 0 Å². The van der Waals surface area contributed by atoms with Crippen LogP contribution in [-0.2, 0) is 6.54 Å². The van der Waals surface area contributed by atoms with Crippen molar-refractivity contribution in [1.82, 2.24) is 9.88 Å². The third kappa shape index (κ3) is 4.77. The predicted octanol–water partition coefficient (Wildman–Crippen LogP) is 3.98. The molecule has 4 heteroatoms. The highest BCUT2D eigenvalue weighted by atomic mass is 32.1. The van der Waals surface area contributed by atoms with Crippen molar-refractivity contribution in [3.05, 3.63) is 11.1 Å². The molecule has 1 unspecified atom stereocenters. The van der Waals surface area contributed by atoms with E-state index in [0.717, 1.165) is 24.1 Å². The lowest BCUT2D eigenvalue weighted by atomic mass is 9.96. The highest BCUT2D eigenvalue weighted by molar-refractivity contribution is 7.15. The predicted molar refractivity (Wildman–Crippen MR) is 83.8 cm³/mol. The van der Waals surface area contributed by atoms with E-state index in [1.807, 2.05) is 6.20 Å². The van der Waals surface area contributed by atoms with Crippen molar-refractivity contribution in [3.8, 4) is 0 Å². The molecular formula is C15H27N3S. The van der Waals surface area contributed by atoms with Gasteiger partial charge in [0.15, 0.2) is 5.13 Å². The summed E-state index contributed by atoms with van der Waals surface area (Å²) >= 11 is 1.81. The van der Waals surface area contributed by atoms with Crippen molar-refractivity contribution in [3.63, 3.8) is 0 Å². The molecule has 1 aliphatic rings. The summed E-state index contributed by atoms with van der Waals surface area (Å²) < 4.78 is 0. The molecule has 0 saturated carbocycles. The summed E-state index contributed by atoms with van der Waals surface area (Å²) in [5.74, 6) is 0.966. The van der Waals surface area contributed by atoms with Crippen LogP contribution in [-0.4, -0.2) is 29.5 Å². The molecule has 1 saturated heterocycles. The van der Waals surface area contributed by atoms with E-state index in [2.05, 4.69) is 29.0 Å². The summed E-state index contributed by atoms with van der Waals surface area (Å²) in [6.07, 6.45) is 8.97. The van der Waals surface area contributed by atoms with Crippen LogP contribution in [0.25, 0.3) is 0 Å². The SMILES string of the molecule is CCCC1CCCN(Cc2cnc(NCC)s2)CC1. The Hall–Kier alpha value is -0.610. The molecule has 2 heterocycles. The first-order chi connectivity index (χ1) is 9.31. The van der Waals surface area contributed by atoms with Gasteiger partial charge >= 0.3 is 0 Å². The zero-order valence-electron chi connectivity index (χ0n) is 12.3.